The highest BCUT2D eigenvalue weighted by Crippen LogP contribution is 2.28. The Balaban J connectivity index is 1.37. The molecular weight excluding hydrogens is 410 g/mol. The van der Waals surface area contributed by atoms with E-state index in [4.69, 9.17) is 5.26 Å². The monoisotopic (exact) mass is 431 g/mol. The Morgan fingerprint density at radius 1 is 1.16 bits per heavy atom. The van der Waals surface area contributed by atoms with E-state index in [-0.39, 0.29) is 31.2 Å². The van der Waals surface area contributed by atoms with Gasteiger partial charge < -0.3 is 15.5 Å². The maximum atomic E-state index is 12.9. The Labute approximate surface area is 184 Å². The van der Waals surface area contributed by atoms with Crippen LogP contribution in [0.3, 0.4) is 0 Å². The number of carbonyl (C=O) groups excluding carboxylic acids is 4. The number of nitrogens with zero attached hydrogens (tertiary/aromatic N) is 2. The van der Waals surface area contributed by atoms with Gasteiger partial charge in [0.15, 0.2) is 0 Å². The van der Waals surface area contributed by atoms with Gasteiger partial charge in [0.25, 0.3) is 5.91 Å². The number of urea groups is 1. The maximum Gasteiger partial charge on any atom is 0.319 e. The van der Waals surface area contributed by atoms with Crippen LogP contribution in [0.1, 0.15) is 39.9 Å². The van der Waals surface area contributed by atoms with Gasteiger partial charge in [-0.15, -0.1) is 0 Å². The van der Waals surface area contributed by atoms with E-state index < -0.39 is 18.0 Å². The largest absolute Gasteiger partial charge is 0.334 e. The fourth-order valence-electron chi connectivity index (χ4n) is 3.92. The number of amides is 5. The van der Waals surface area contributed by atoms with E-state index in [1.807, 2.05) is 18.2 Å². The molecule has 32 heavy (non-hydrogen) atoms. The molecule has 4 rings (SSSR count). The molecule has 3 N–H and O–H groups in total. The molecule has 2 heterocycles. The molecule has 0 radical (unpaired) electrons. The molecule has 2 aromatic carbocycles. The van der Waals surface area contributed by atoms with Crippen LogP contribution in [0.25, 0.3) is 0 Å². The van der Waals surface area contributed by atoms with Crippen LogP contribution in [-0.2, 0) is 29.1 Å². The number of benzene rings is 2. The van der Waals surface area contributed by atoms with Crippen molar-refractivity contribution in [2.45, 2.75) is 38.4 Å². The normalized spacial score (nSPS) is 17.4. The molecular formula is C23H21N5O4. The summed E-state index contributed by atoms with van der Waals surface area (Å²) in [5, 5.41) is 16.6. The molecule has 0 spiro atoms. The van der Waals surface area contributed by atoms with Gasteiger partial charge in [-0.1, -0.05) is 24.3 Å². The van der Waals surface area contributed by atoms with E-state index in [0.717, 1.165) is 16.7 Å². The highest BCUT2D eigenvalue weighted by Gasteiger charge is 2.39. The van der Waals surface area contributed by atoms with Gasteiger partial charge in [0.05, 0.1) is 12.5 Å². The number of fused-ring (bicyclic) bond motifs is 1. The minimum Gasteiger partial charge on any atom is -0.334 e. The average Bonchev–Trinajstić information content (AvgIpc) is 3.08. The second-order valence-corrected chi connectivity index (χ2v) is 7.73. The van der Waals surface area contributed by atoms with Crippen molar-refractivity contribution in [2.75, 3.05) is 5.32 Å². The summed E-state index contributed by atoms with van der Waals surface area (Å²) in [6, 6.07) is 13.4. The zero-order valence-electron chi connectivity index (χ0n) is 17.2. The molecule has 2 aliphatic heterocycles. The molecule has 9 heteroatoms. The third kappa shape index (κ3) is 4.44. The Kier molecular flexibility index (Phi) is 5.85. The van der Waals surface area contributed by atoms with Gasteiger partial charge in [-0.25, -0.2) is 4.79 Å². The van der Waals surface area contributed by atoms with Gasteiger partial charge in [0, 0.05) is 30.8 Å². The molecule has 1 fully saturated rings. The maximum absolute atomic E-state index is 12.9. The minimum atomic E-state index is -0.656. The third-order valence-corrected chi connectivity index (χ3v) is 5.51. The number of imide groups is 1. The topological polar surface area (TPSA) is 131 Å². The molecule has 2 aliphatic rings. The predicted molar refractivity (Wildman–Crippen MR) is 114 cm³/mol. The first-order valence-electron chi connectivity index (χ1n) is 10.2. The van der Waals surface area contributed by atoms with Gasteiger partial charge in [0.2, 0.25) is 11.8 Å². The molecule has 2 aromatic rings. The summed E-state index contributed by atoms with van der Waals surface area (Å²) in [5.41, 5.74) is 3.44. The summed E-state index contributed by atoms with van der Waals surface area (Å²) in [6.07, 6.45) is 0.783. The van der Waals surface area contributed by atoms with Crippen LogP contribution in [0, 0.1) is 11.3 Å². The second-order valence-electron chi connectivity index (χ2n) is 7.73. The number of rotatable bonds is 5. The molecule has 0 bridgehead atoms. The molecule has 0 aliphatic carbocycles. The average molecular weight is 431 g/mol. The van der Waals surface area contributed by atoms with Crippen molar-refractivity contribution in [3.63, 3.8) is 0 Å². The van der Waals surface area contributed by atoms with E-state index in [0.29, 0.717) is 24.2 Å². The van der Waals surface area contributed by atoms with Crippen molar-refractivity contribution < 1.29 is 19.2 Å². The van der Waals surface area contributed by atoms with Crippen LogP contribution in [-0.4, -0.2) is 34.7 Å². The molecule has 9 nitrogen and oxygen atoms in total. The Hall–Kier alpha value is -4.19. The van der Waals surface area contributed by atoms with Crippen LogP contribution in [0.4, 0.5) is 10.5 Å². The fourth-order valence-corrected chi connectivity index (χ4v) is 3.92. The van der Waals surface area contributed by atoms with Crippen molar-refractivity contribution in [1.82, 2.24) is 15.5 Å². The van der Waals surface area contributed by atoms with Crippen molar-refractivity contribution in [1.29, 1.82) is 5.26 Å². The number of carbonyl (C=O) groups is 4. The number of nitriles is 1. The van der Waals surface area contributed by atoms with Crippen molar-refractivity contribution in [2.24, 2.45) is 0 Å². The van der Waals surface area contributed by atoms with Crippen LogP contribution in [0.2, 0.25) is 0 Å². The lowest BCUT2D eigenvalue weighted by atomic mass is 10.0. The first-order chi connectivity index (χ1) is 15.4. The van der Waals surface area contributed by atoms with Gasteiger partial charge in [-0.3, -0.25) is 19.7 Å². The van der Waals surface area contributed by atoms with Gasteiger partial charge >= 0.3 is 6.03 Å². The molecule has 1 saturated heterocycles. The lowest BCUT2D eigenvalue weighted by Gasteiger charge is -2.29. The van der Waals surface area contributed by atoms with Gasteiger partial charge in [-0.05, 0) is 41.3 Å². The van der Waals surface area contributed by atoms with Crippen LogP contribution < -0.4 is 16.0 Å². The van der Waals surface area contributed by atoms with Crippen LogP contribution >= 0.6 is 0 Å². The quantitative estimate of drug-likeness (QED) is 0.622. The van der Waals surface area contributed by atoms with Gasteiger partial charge in [0.1, 0.15) is 6.04 Å². The summed E-state index contributed by atoms with van der Waals surface area (Å²) >= 11 is 0. The number of anilines is 1. The first-order valence-corrected chi connectivity index (χ1v) is 10.2. The molecule has 162 valence electrons. The molecule has 0 aromatic heterocycles. The summed E-state index contributed by atoms with van der Waals surface area (Å²) in [4.78, 5) is 50.1. The summed E-state index contributed by atoms with van der Waals surface area (Å²) in [7, 11) is 0. The zero-order chi connectivity index (χ0) is 22.7. The zero-order valence-corrected chi connectivity index (χ0v) is 17.2. The number of hydrogen-bond donors (Lipinski definition) is 3. The lowest BCUT2D eigenvalue weighted by molar-refractivity contribution is -0.136. The number of piperidine rings is 1. The van der Waals surface area contributed by atoms with E-state index in [1.165, 1.54) is 4.90 Å². The second kappa shape index (κ2) is 8.89. The Morgan fingerprint density at radius 3 is 2.78 bits per heavy atom. The van der Waals surface area contributed by atoms with E-state index >= 15 is 0 Å². The van der Waals surface area contributed by atoms with E-state index in [9.17, 15) is 19.2 Å². The van der Waals surface area contributed by atoms with Crippen molar-refractivity contribution in [3.05, 3.63) is 64.7 Å². The van der Waals surface area contributed by atoms with Crippen LogP contribution in [0.5, 0.6) is 0 Å². The van der Waals surface area contributed by atoms with E-state index in [2.05, 4.69) is 22.0 Å². The van der Waals surface area contributed by atoms with Gasteiger partial charge in [-0.2, -0.15) is 5.26 Å². The Bertz CT molecular complexity index is 1150. The first kappa shape index (κ1) is 21.1. The highest BCUT2D eigenvalue weighted by molar-refractivity contribution is 6.05. The standard InChI is InChI=1S/C23H21N5O4/c24-9-8-14-2-1-3-17(10-14)26-23(32)25-12-15-4-5-16-13-28(22(31)18(16)11-15)19-6-7-20(29)27-21(19)30/h1-5,10-11,19H,6-8,12-13H2,(H2,25,26,32)(H,27,29,30). The summed E-state index contributed by atoms with van der Waals surface area (Å²) in [6.45, 7) is 0.524. The highest BCUT2D eigenvalue weighted by atomic mass is 16.2. The third-order valence-electron chi connectivity index (χ3n) is 5.51. The summed E-state index contributed by atoms with van der Waals surface area (Å²) < 4.78 is 0. The molecule has 1 unspecified atom stereocenters. The number of hydrogen-bond acceptors (Lipinski definition) is 5. The lowest BCUT2D eigenvalue weighted by Crippen LogP contribution is -2.52. The Morgan fingerprint density at radius 2 is 2.00 bits per heavy atom. The predicted octanol–water partition coefficient (Wildman–Crippen LogP) is 1.84. The smallest absolute Gasteiger partial charge is 0.319 e. The van der Waals surface area contributed by atoms with Crippen LogP contribution in [0.15, 0.2) is 42.5 Å². The van der Waals surface area contributed by atoms with Crippen molar-refractivity contribution in [3.8, 4) is 6.07 Å². The van der Waals surface area contributed by atoms with E-state index in [1.54, 1.807) is 24.3 Å². The molecule has 5 amide bonds. The van der Waals surface area contributed by atoms with Crippen molar-refractivity contribution >= 4 is 29.4 Å². The number of nitrogens with one attached hydrogen (secondary N) is 3. The molecule has 0 saturated carbocycles. The summed E-state index contributed by atoms with van der Waals surface area (Å²) in [5.74, 6) is -1.02. The fraction of sp³-hybridized carbons (Fsp3) is 0.261. The molecule has 1 atom stereocenters. The minimum absolute atomic E-state index is 0.209. The SMILES string of the molecule is N#CCc1cccc(NC(=O)NCc2ccc3c(c2)C(=O)N(C2CCC(=O)NC2=O)C3)c1.